The molecule has 0 aliphatic carbocycles. The summed E-state index contributed by atoms with van der Waals surface area (Å²) in [6.45, 7) is 1.79. The first-order chi connectivity index (χ1) is 13.5. The number of primary amides is 1. The fourth-order valence-corrected chi connectivity index (χ4v) is 3.43. The van der Waals surface area contributed by atoms with Gasteiger partial charge in [0.2, 0.25) is 11.8 Å². The van der Waals surface area contributed by atoms with Crippen molar-refractivity contribution in [3.05, 3.63) is 60.1 Å². The van der Waals surface area contributed by atoms with Gasteiger partial charge in [0.1, 0.15) is 6.26 Å². The smallest absolute Gasteiger partial charge is 0.257 e. The molecule has 1 aromatic carbocycles. The van der Waals surface area contributed by atoms with Crippen LogP contribution in [0.1, 0.15) is 35.2 Å². The fourth-order valence-electron chi connectivity index (χ4n) is 3.43. The van der Waals surface area contributed by atoms with E-state index in [1.807, 2.05) is 30.3 Å². The molecule has 7 nitrogen and oxygen atoms in total. The Bertz CT molecular complexity index is 796. The first-order valence-electron chi connectivity index (χ1n) is 9.47. The fraction of sp³-hybridized carbons (Fsp3) is 0.381. The van der Waals surface area contributed by atoms with Crippen LogP contribution in [-0.4, -0.2) is 47.2 Å². The third-order valence-corrected chi connectivity index (χ3v) is 5.12. The van der Waals surface area contributed by atoms with Crippen LogP contribution in [0.2, 0.25) is 0 Å². The van der Waals surface area contributed by atoms with Crippen LogP contribution in [0.25, 0.3) is 0 Å². The second-order valence-corrected chi connectivity index (χ2v) is 7.03. The van der Waals surface area contributed by atoms with Crippen LogP contribution in [-0.2, 0) is 16.1 Å². The molecule has 0 bridgehead atoms. The Morgan fingerprint density at radius 1 is 1.11 bits per heavy atom. The Labute approximate surface area is 164 Å². The van der Waals surface area contributed by atoms with E-state index in [-0.39, 0.29) is 30.1 Å². The minimum Gasteiger partial charge on any atom is -0.472 e. The average molecular weight is 383 g/mol. The van der Waals surface area contributed by atoms with Crippen LogP contribution >= 0.6 is 0 Å². The Morgan fingerprint density at radius 2 is 1.82 bits per heavy atom. The van der Waals surface area contributed by atoms with E-state index in [9.17, 15) is 14.4 Å². The highest BCUT2D eigenvalue weighted by atomic mass is 16.3. The summed E-state index contributed by atoms with van der Waals surface area (Å²) < 4.78 is 5.03. The minimum atomic E-state index is -0.299. The predicted octanol–water partition coefficient (Wildman–Crippen LogP) is 2.04. The molecule has 0 saturated carbocycles. The van der Waals surface area contributed by atoms with Crippen molar-refractivity contribution in [2.45, 2.75) is 25.8 Å². The van der Waals surface area contributed by atoms with Crippen molar-refractivity contribution in [1.29, 1.82) is 0 Å². The highest BCUT2D eigenvalue weighted by molar-refractivity contribution is 5.94. The molecular weight excluding hydrogens is 358 g/mol. The minimum absolute atomic E-state index is 0.0130. The predicted molar refractivity (Wildman–Crippen MR) is 103 cm³/mol. The van der Waals surface area contributed by atoms with Gasteiger partial charge in [-0.1, -0.05) is 30.3 Å². The number of carbonyl (C=O) groups is 3. The van der Waals surface area contributed by atoms with Crippen molar-refractivity contribution < 1.29 is 18.8 Å². The van der Waals surface area contributed by atoms with Gasteiger partial charge in [0.25, 0.3) is 5.91 Å². The number of rotatable bonds is 7. The van der Waals surface area contributed by atoms with Crippen molar-refractivity contribution in [1.82, 2.24) is 9.80 Å². The Morgan fingerprint density at radius 3 is 2.43 bits per heavy atom. The van der Waals surface area contributed by atoms with Gasteiger partial charge in [0.15, 0.2) is 0 Å². The van der Waals surface area contributed by atoms with E-state index in [1.54, 1.807) is 15.9 Å². The molecule has 2 heterocycles. The van der Waals surface area contributed by atoms with E-state index in [1.165, 1.54) is 12.5 Å². The van der Waals surface area contributed by atoms with Crippen molar-refractivity contribution in [3.8, 4) is 0 Å². The normalized spacial score (nSPS) is 14.6. The SMILES string of the molecule is NC(=O)C1CCN(C(=O)CCN(Cc2ccccc2)C(=O)c2ccoc2)CC1. The lowest BCUT2D eigenvalue weighted by molar-refractivity contribution is -0.135. The van der Waals surface area contributed by atoms with Gasteiger partial charge in [-0.25, -0.2) is 0 Å². The molecule has 0 atom stereocenters. The second-order valence-electron chi connectivity index (χ2n) is 7.03. The molecule has 1 aliphatic rings. The zero-order chi connectivity index (χ0) is 19.9. The molecule has 28 heavy (non-hydrogen) atoms. The summed E-state index contributed by atoms with van der Waals surface area (Å²) in [7, 11) is 0. The molecule has 1 saturated heterocycles. The monoisotopic (exact) mass is 383 g/mol. The molecule has 0 radical (unpaired) electrons. The molecule has 3 rings (SSSR count). The number of furan rings is 1. The van der Waals surface area contributed by atoms with Crippen molar-refractivity contribution in [2.75, 3.05) is 19.6 Å². The van der Waals surface area contributed by atoms with Crippen LogP contribution < -0.4 is 5.73 Å². The first-order valence-corrected chi connectivity index (χ1v) is 9.47. The number of likely N-dealkylation sites (tertiary alicyclic amines) is 1. The highest BCUT2D eigenvalue weighted by Crippen LogP contribution is 2.18. The van der Waals surface area contributed by atoms with Gasteiger partial charge >= 0.3 is 0 Å². The number of benzene rings is 1. The molecule has 3 amide bonds. The standard InChI is InChI=1S/C21H25N3O4/c22-20(26)17-6-10-23(11-7-17)19(25)8-12-24(14-16-4-2-1-3-5-16)21(27)18-9-13-28-15-18/h1-5,9,13,15,17H,6-8,10-12,14H2,(H2,22,26). The number of amides is 3. The summed E-state index contributed by atoms with van der Waals surface area (Å²) in [6.07, 6.45) is 4.31. The molecular formula is C21H25N3O4. The van der Waals surface area contributed by atoms with Crippen molar-refractivity contribution in [3.63, 3.8) is 0 Å². The Hall–Kier alpha value is -3.09. The van der Waals surface area contributed by atoms with Gasteiger partial charge in [-0.3, -0.25) is 14.4 Å². The van der Waals surface area contributed by atoms with E-state index < -0.39 is 0 Å². The molecule has 148 valence electrons. The lowest BCUT2D eigenvalue weighted by Crippen LogP contribution is -2.43. The molecule has 1 aromatic heterocycles. The summed E-state index contributed by atoms with van der Waals surface area (Å²) >= 11 is 0. The van der Waals surface area contributed by atoms with E-state index in [0.717, 1.165) is 5.56 Å². The summed E-state index contributed by atoms with van der Waals surface area (Å²) in [5.74, 6) is -0.632. The van der Waals surface area contributed by atoms with Crippen LogP contribution in [0.15, 0.2) is 53.3 Å². The van der Waals surface area contributed by atoms with Gasteiger partial charge in [-0.05, 0) is 24.5 Å². The average Bonchev–Trinajstić information content (AvgIpc) is 3.26. The molecule has 1 fully saturated rings. The quantitative estimate of drug-likeness (QED) is 0.791. The molecule has 2 aromatic rings. The van der Waals surface area contributed by atoms with Crippen molar-refractivity contribution in [2.24, 2.45) is 11.7 Å². The molecule has 0 spiro atoms. The van der Waals surface area contributed by atoms with Gasteiger partial charge in [0.05, 0.1) is 11.8 Å². The van der Waals surface area contributed by atoms with E-state index >= 15 is 0 Å². The summed E-state index contributed by atoms with van der Waals surface area (Å²) in [5, 5.41) is 0. The molecule has 7 heteroatoms. The number of nitrogens with two attached hydrogens (primary N) is 1. The van der Waals surface area contributed by atoms with Gasteiger partial charge in [-0.15, -0.1) is 0 Å². The van der Waals surface area contributed by atoms with Crippen LogP contribution in [0.3, 0.4) is 0 Å². The second kappa shape index (κ2) is 9.21. The maximum Gasteiger partial charge on any atom is 0.257 e. The highest BCUT2D eigenvalue weighted by Gasteiger charge is 2.26. The van der Waals surface area contributed by atoms with Crippen molar-refractivity contribution >= 4 is 17.7 Å². The third kappa shape index (κ3) is 5.00. The van der Waals surface area contributed by atoms with Crippen LogP contribution in [0.4, 0.5) is 0 Å². The van der Waals surface area contributed by atoms with Gasteiger partial charge in [-0.2, -0.15) is 0 Å². The Kier molecular flexibility index (Phi) is 6.47. The lowest BCUT2D eigenvalue weighted by atomic mass is 9.96. The van der Waals surface area contributed by atoms with E-state index in [4.69, 9.17) is 10.2 Å². The number of hydrogen-bond donors (Lipinski definition) is 1. The summed E-state index contributed by atoms with van der Waals surface area (Å²) in [5.41, 5.74) is 6.80. The maximum atomic E-state index is 12.8. The van der Waals surface area contributed by atoms with E-state index in [0.29, 0.717) is 44.6 Å². The maximum absolute atomic E-state index is 12.8. The first kappa shape index (κ1) is 19.7. The lowest BCUT2D eigenvalue weighted by Gasteiger charge is -2.31. The zero-order valence-corrected chi connectivity index (χ0v) is 15.8. The number of hydrogen-bond acceptors (Lipinski definition) is 4. The van der Waals surface area contributed by atoms with Gasteiger partial charge in [0, 0.05) is 38.5 Å². The van der Waals surface area contributed by atoms with E-state index in [2.05, 4.69) is 0 Å². The summed E-state index contributed by atoms with van der Waals surface area (Å²) in [4.78, 5) is 40.1. The summed E-state index contributed by atoms with van der Waals surface area (Å²) in [6, 6.07) is 11.3. The Balaban J connectivity index is 1.60. The van der Waals surface area contributed by atoms with Crippen LogP contribution in [0, 0.1) is 5.92 Å². The third-order valence-electron chi connectivity index (χ3n) is 5.12. The number of piperidine rings is 1. The topological polar surface area (TPSA) is 96.9 Å². The molecule has 0 unspecified atom stereocenters. The number of carbonyl (C=O) groups excluding carboxylic acids is 3. The zero-order valence-electron chi connectivity index (χ0n) is 15.8. The molecule has 2 N–H and O–H groups in total. The molecule has 1 aliphatic heterocycles. The van der Waals surface area contributed by atoms with Gasteiger partial charge < -0.3 is 20.0 Å². The number of nitrogens with zero attached hydrogens (tertiary/aromatic N) is 2. The largest absolute Gasteiger partial charge is 0.472 e. The van der Waals surface area contributed by atoms with Crippen LogP contribution in [0.5, 0.6) is 0 Å².